The zero-order valence-corrected chi connectivity index (χ0v) is 12.3. The summed E-state index contributed by atoms with van der Waals surface area (Å²) < 4.78 is 7.27. The van der Waals surface area contributed by atoms with Crippen molar-refractivity contribution < 1.29 is 4.74 Å². The average Bonchev–Trinajstić information content (AvgIpc) is 2.86. The molecule has 1 aromatic heterocycles. The van der Waals surface area contributed by atoms with Crippen molar-refractivity contribution in [2.24, 2.45) is 12.8 Å². The molecule has 0 radical (unpaired) electrons. The van der Waals surface area contributed by atoms with Crippen molar-refractivity contribution >= 4 is 0 Å². The van der Waals surface area contributed by atoms with Crippen LogP contribution in [0.15, 0.2) is 36.8 Å². The minimum absolute atomic E-state index is 0.147. The number of aryl methyl sites for hydroxylation is 1. The third-order valence-electron chi connectivity index (χ3n) is 3.52. The Morgan fingerprint density at radius 3 is 2.85 bits per heavy atom. The summed E-state index contributed by atoms with van der Waals surface area (Å²) in [7, 11) is 5.75. The van der Waals surface area contributed by atoms with Crippen molar-refractivity contribution in [1.29, 1.82) is 0 Å². The second kappa shape index (κ2) is 6.54. The molecule has 2 N–H and O–H groups in total. The first kappa shape index (κ1) is 14.6. The largest absolute Gasteiger partial charge is 0.497 e. The Bertz CT molecular complexity index is 552. The van der Waals surface area contributed by atoms with E-state index in [0.717, 1.165) is 18.0 Å². The second-order valence-corrected chi connectivity index (χ2v) is 4.95. The lowest BCUT2D eigenvalue weighted by Crippen LogP contribution is -2.31. The summed E-state index contributed by atoms with van der Waals surface area (Å²) in [5.74, 6) is 0.876. The normalized spacial score (nSPS) is 12.7. The van der Waals surface area contributed by atoms with Crippen LogP contribution in [0, 0.1) is 0 Å². The fraction of sp³-hybridized carbons (Fsp3) is 0.400. The molecule has 5 heteroatoms. The molecule has 0 spiro atoms. The Morgan fingerprint density at radius 2 is 2.25 bits per heavy atom. The van der Waals surface area contributed by atoms with Gasteiger partial charge in [0.25, 0.3) is 0 Å². The molecule has 0 amide bonds. The number of hydrogen-bond acceptors (Lipinski definition) is 4. The molecule has 1 aromatic carbocycles. The monoisotopic (exact) mass is 274 g/mol. The number of methoxy groups -OCH3 is 1. The molecular formula is C15H22N4O. The lowest BCUT2D eigenvalue weighted by Gasteiger charge is -2.27. The summed E-state index contributed by atoms with van der Waals surface area (Å²) in [4.78, 5) is 6.40. The van der Waals surface area contributed by atoms with E-state index >= 15 is 0 Å². The molecule has 5 nitrogen and oxygen atoms in total. The van der Waals surface area contributed by atoms with Crippen LogP contribution in [-0.4, -0.2) is 35.2 Å². The number of hydrogen-bond donors (Lipinski definition) is 1. The summed E-state index contributed by atoms with van der Waals surface area (Å²) >= 11 is 0. The van der Waals surface area contributed by atoms with Crippen LogP contribution < -0.4 is 10.5 Å². The smallest absolute Gasteiger partial charge is 0.119 e. The van der Waals surface area contributed by atoms with Crippen LogP contribution in [0.5, 0.6) is 5.75 Å². The van der Waals surface area contributed by atoms with Gasteiger partial charge in [0, 0.05) is 26.3 Å². The summed E-state index contributed by atoms with van der Waals surface area (Å²) in [5.41, 5.74) is 8.26. The molecule has 1 atom stereocenters. The summed E-state index contributed by atoms with van der Waals surface area (Å²) in [5, 5.41) is 0. The molecule has 0 saturated heterocycles. The van der Waals surface area contributed by atoms with E-state index in [1.165, 1.54) is 5.56 Å². The highest BCUT2D eigenvalue weighted by atomic mass is 16.5. The molecule has 0 fully saturated rings. The fourth-order valence-corrected chi connectivity index (χ4v) is 2.38. The topological polar surface area (TPSA) is 56.3 Å². The van der Waals surface area contributed by atoms with Crippen molar-refractivity contribution in [1.82, 2.24) is 14.5 Å². The Labute approximate surface area is 120 Å². The van der Waals surface area contributed by atoms with Crippen LogP contribution in [0.4, 0.5) is 0 Å². The molecule has 108 valence electrons. The molecule has 2 rings (SSSR count). The van der Waals surface area contributed by atoms with E-state index in [2.05, 4.69) is 23.0 Å². The molecular weight excluding hydrogens is 252 g/mol. The number of nitrogens with zero attached hydrogens (tertiary/aromatic N) is 3. The highest BCUT2D eigenvalue weighted by Gasteiger charge is 2.18. The summed E-state index contributed by atoms with van der Waals surface area (Å²) in [6, 6.07) is 8.24. The maximum atomic E-state index is 5.94. The Hall–Kier alpha value is -1.85. The maximum Gasteiger partial charge on any atom is 0.119 e. The molecule has 20 heavy (non-hydrogen) atoms. The second-order valence-electron chi connectivity index (χ2n) is 4.95. The van der Waals surface area contributed by atoms with E-state index in [4.69, 9.17) is 10.5 Å². The number of aromatic nitrogens is 2. The predicted molar refractivity (Wildman–Crippen MR) is 79.5 cm³/mol. The average molecular weight is 274 g/mol. The predicted octanol–water partition coefficient (Wildman–Crippen LogP) is 1.56. The van der Waals surface area contributed by atoms with Gasteiger partial charge in [0.2, 0.25) is 0 Å². The minimum Gasteiger partial charge on any atom is -0.497 e. The van der Waals surface area contributed by atoms with E-state index in [1.807, 2.05) is 36.0 Å². The van der Waals surface area contributed by atoms with Gasteiger partial charge in [-0.15, -0.1) is 0 Å². The first-order valence-electron chi connectivity index (χ1n) is 6.65. The van der Waals surface area contributed by atoms with E-state index in [0.29, 0.717) is 6.54 Å². The van der Waals surface area contributed by atoms with Gasteiger partial charge in [-0.05, 0) is 24.7 Å². The third-order valence-corrected chi connectivity index (χ3v) is 3.52. The van der Waals surface area contributed by atoms with Crippen molar-refractivity contribution in [3.8, 4) is 5.75 Å². The summed E-state index contributed by atoms with van der Waals surface area (Å²) in [6.45, 7) is 1.37. The first-order valence-corrected chi connectivity index (χ1v) is 6.65. The van der Waals surface area contributed by atoms with Crippen molar-refractivity contribution in [2.75, 3.05) is 20.7 Å². The van der Waals surface area contributed by atoms with E-state index in [1.54, 1.807) is 13.4 Å². The molecule has 0 aliphatic carbocycles. The lowest BCUT2D eigenvalue weighted by molar-refractivity contribution is 0.233. The third kappa shape index (κ3) is 3.18. The number of ether oxygens (including phenoxy) is 1. The molecule has 0 bridgehead atoms. The Kier molecular flexibility index (Phi) is 4.76. The van der Waals surface area contributed by atoms with Gasteiger partial charge in [0.05, 0.1) is 25.2 Å². The quantitative estimate of drug-likeness (QED) is 0.868. The standard InChI is InChI=1S/C15H22N4O/c1-18(10-12-5-4-6-13(7-12)20-3)14(8-16)15-9-17-11-19(15)2/h4-7,9,11,14H,8,10,16H2,1-3H3. The van der Waals surface area contributed by atoms with Crippen molar-refractivity contribution in [3.63, 3.8) is 0 Å². The van der Waals surface area contributed by atoms with Gasteiger partial charge in [-0.1, -0.05) is 12.1 Å². The number of nitrogens with two attached hydrogens (primary N) is 1. The van der Waals surface area contributed by atoms with Crippen LogP contribution in [-0.2, 0) is 13.6 Å². The van der Waals surface area contributed by atoms with Gasteiger partial charge in [-0.3, -0.25) is 4.90 Å². The van der Waals surface area contributed by atoms with Crippen molar-refractivity contribution in [3.05, 3.63) is 48.0 Å². The number of imidazole rings is 1. The molecule has 1 unspecified atom stereocenters. The first-order chi connectivity index (χ1) is 9.65. The van der Waals surface area contributed by atoms with Gasteiger partial charge in [-0.25, -0.2) is 4.98 Å². The van der Waals surface area contributed by atoms with Crippen LogP contribution >= 0.6 is 0 Å². The van der Waals surface area contributed by atoms with Crippen LogP contribution in [0.2, 0.25) is 0 Å². The number of benzene rings is 1. The fourth-order valence-electron chi connectivity index (χ4n) is 2.38. The Morgan fingerprint density at radius 1 is 1.45 bits per heavy atom. The van der Waals surface area contributed by atoms with E-state index in [-0.39, 0.29) is 6.04 Å². The van der Waals surface area contributed by atoms with Crippen LogP contribution in [0.1, 0.15) is 17.3 Å². The van der Waals surface area contributed by atoms with Gasteiger partial charge >= 0.3 is 0 Å². The van der Waals surface area contributed by atoms with E-state index < -0.39 is 0 Å². The van der Waals surface area contributed by atoms with Gasteiger partial charge < -0.3 is 15.0 Å². The highest BCUT2D eigenvalue weighted by Crippen LogP contribution is 2.21. The Balaban J connectivity index is 2.13. The molecule has 0 aliphatic rings. The van der Waals surface area contributed by atoms with Crippen LogP contribution in [0.3, 0.4) is 0 Å². The zero-order chi connectivity index (χ0) is 14.5. The maximum absolute atomic E-state index is 5.94. The van der Waals surface area contributed by atoms with Gasteiger partial charge in [-0.2, -0.15) is 0 Å². The molecule has 0 saturated carbocycles. The SMILES string of the molecule is COc1cccc(CN(C)C(CN)c2cncn2C)c1. The lowest BCUT2D eigenvalue weighted by atomic mass is 10.1. The molecule has 0 aliphatic heterocycles. The van der Waals surface area contributed by atoms with Crippen LogP contribution in [0.25, 0.3) is 0 Å². The van der Waals surface area contributed by atoms with E-state index in [9.17, 15) is 0 Å². The number of likely N-dealkylation sites (N-methyl/N-ethyl adjacent to an activating group) is 1. The summed E-state index contributed by atoms with van der Waals surface area (Å²) in [6.07, 6.45) is 3.68. The zero-order valence-electron chi connectivity index (χ0n) is 12.3. The number of rotatable bonds is 6. The highest BCUT2D eigenvalue weighted by molar-refractivity contribution is 5.28. The van der Waals surface area contributed by atoms with Gasteiger partial charge in [0.1, 0.15) is 5.75 Å². The molecule has 2 aromatic rings. The van der Waals surface area contributed by atoms with Crippen molar-refractivity contribution in [2.45, 2.75) is 12.6 Å². The molecule has 1 heterocycles. The minimum atomic E-state index is 0.147. The van der Waals surface area contributed by atoms with Gasteiger partial charge in [0.15, 0.2) is 0 Å².